The van der Waals surface area contributed by atoms with E-state index in [9.17, 15) is 14.4 Å². The van der Waals surface area contributed by atoms with Crippen LogP contribution in [0, 0.1) is 12.3 Å². The van der Waals surface area contributed by atoms with Gasteiger partial charge in [-0.1, -0.05) is 63.9 Å². The Morgan fingerprint density at radius 1 is 1.08 bits per heavy atom. The number of β-lactam (4-membered cyclic amide) rings is 1. The van der Waals surface area contributed by atoms with Gasteiger partial charge in [-0.25, -0.2) is 9.69 Å². The summed E-state index contributed by atoms with van der Waals surface area (Å²) in [6.45, 7) is 13.4. The average Bonchev–Trinajstić information content (AvgIpc) is 2.91. The summed E-state index contributed by atoms with van der Waals surface area (Å²) < 4.78 is 11.2. The second kappa shape index (κ2) is 15.2. The quantitative estimate of drug-likeness (QED) is 0.324. The Morgan fingerprint density at radius 3 is 2.29 bits per heavy atom. The molecule has 1 aromatic carbocycles. The maximum absolute atomic E-state index is 13.4. The molecular formula is C29H48N4O5. The molecule has 9 nitrogen and oxygen atoms in total. The fraction of sp³-hybridized carbons (Fsp3) is 0.690. The number of hydrogen-bond donors (Lipinski definition) is 1. The van der Waals surface area contributed by atoms with Crippen molar-refractivity contribution >= 4 is 17.8 Å². The Bertz CT molecular complexity index is 903. The molecule has 1 fully saturated rings. The number of imide groups is 1. The van der Waals surface area contributed by atoms with Crippen LogP contribution < -0.4 is 5.32 Å². The number of ether oxygens (including phenoxy) is 2. The summed E-state index contributed by atoms with van der Waals surface area (Å²) in [5.41, 5.74) is 1.33. The standard InChI is InChI=1S/C29H48N4O5/c1-8-12-24(23-15-13-22(5)14-16-23)30-28(36)33-26(35)29(9-2,10-3)27(33)38-21-25(34)31(6)17-18-32(11-4)19-20-37-7/h13-16,24,27H,8-12,17-21H2,1-7H3,(H,30,36)/t24-,27?/m1/s1. The fourth-order valence-electron chi connectivity index (χ4n) is 4.92. The van der Waals surface area contributed by atoms with Crippen LogP contribution >= 0.6 is 0 Å². The molecule has 9 heteroatoms. The van der Waals surface area contributed by atoms with E-state index < -0.39 is 17.7 Å². The zero-order chi connectivity index (χ0) is 28.3. The SMILES string of the molecule is CCC[C@@H](NC(=O)N1C(=O)C(CC)(CC)C1OCC(=O)N(C)CCN(CC)CCOC)c1ccc(C)cc1. The van der Waals surface area contributed by atoms with E-state index in [0.29, 0.717) is 26.0 Å². The molecule has 0 aromatic heterocycles. The van der Waals surface area contributed by atoms with Crippen LogP contribution in [0.25, 0.3) is 0 Å². The molecule has 1 aliphatic rings. The first-order valence-corrected chi connectivity index (χ1v) is 14.0. The zero-order valence-corrected chi connectivity index (χ0v) is 24.4. The lowest BCUT2D eigenvalue weighted by Gasteiger charge is -2.53. The van der Waals surface area contributed by atoms with Crippen molar-refractivity contribution in [3.05, 3.63) is 35.4 Å². The molecule has 1 N–H and O–H groups in total. The van der Waals surface area contributed by atoms with Gasteiger partial charge in [0.1, 0.15) is 6.61 Å². The van der Waals surface area contributed by atoms with Gasteiger partial charge in [-0.3, -0.25) is 14.5 Å². The summed E-state index contributed by atoms with van der Waals surface area (Å²) in [5, 5.41) is 3.04. The monoisotopic (exact) mass is 532 g/mol. The second-order valence-corrected chi connectivity index (χ2v) is 10.1. The fourth-order valence-corrected chi connectivity index (χ4v) is 4.92. The molecule has 0 aliphatic carbocycles. The number of amides is 4. The third-order valence-electron chi connectivity index (χ3n) is 7.79. The number of likely N-dealkylation sites (N-methyl/N-ethyl adjacent to an activating group) is 2. The van der Waals surface area contributed by atoms with Crippen molar-refractivity contribution in [2.24, 2.45) is 5.41 Å². The molecule has 1 aliphatic heterocycles. The van der Waals surface area contributed by atoms with Crippen molar-refractivity contribution < 1.29 is 23.9 Å². The summed E-state index contributed by atoms with van der Waals surface area (Å²) in [5.74, 6) is -0.432. The molecule has 4 amide bonds. The lowest BCUT2D eigenvalue weighted by Crippen LogP contribution is -2.72. The third kappa shape index (κ3) is 7.55. The van der Waals surface area contributed by atoms with Crippen molar-refractivity contribution in [3.8, 4) is 0 Å². The first-order chi connectivity index (χ1) is 18.2. The zero-order valence-electron chi connectivity index (χ0n) is 24.4. The van der Waals surface area contributed by atoms with E-state index in [4.69, 9.17) is 9.47 Å². The number of nitrogens with one attached hydrogen (secondary N) is 1. The van der Waals surface area contributed by atoms with Gasteiger partial charge in [-0.15, -0.1) is 0 Å². The number of benzene rings is 1. The largest absolute Gasteiger partial charge is 0.383 e. The van der Waals surface area contributed by atoms with Gasteiger partial charge in [-0.05, 0) is 38.3 Å². The highest BCUT2D eigenvalue weighted by Crippen LogP contribution is 2.46. The molecular weight excluding hydrogens is 484 g/mol. The highest BCUT2D eigenvalue weighted by molar-refractivity contribution is 6.03. The van der Waals surface area contributed by atoms with E-state index in [-0.39, 0.29) is 24.5 Å². The van der Waals surface area contributed by atoms with E-state index in [2.05, 4.69) is 24.1 Å². The van der Waals surface area contributed by atoms with Crippen LogP contribution in [0.1, 0.15) is 70.5 Å². The first kappa shape index (κ1) is 31.7. The molecule has 1 unspecified atom stereocenters. The number of likely N-dealkylation sites (tertiary alicyclic amines) is 1. The van der Waals surface area contributed by atoms with E-state index in [1.807, 2.05) is 45.0 Å². The molecule has 214 valence electrons. The predicted octanol–water partition coefficient (Wildman–Crippen LogP) is 3.96. The van der Waals surface area contributed by atoms with E-state index in [1.54, 1.807) is 19.1 Å². The molecule has 2 atom stereocenters. The van der Waals surface area contributed by atoms with Gasteiger partial charge < -0.3 is 19.7 Å². The van der Waals surface area contributed by atoms with Crippen LogP contribution in [0.4, 0.5) is 4.79 Å². The number of carbonyl (C=O) groups is 3. The van der Waals surface area contributed by atoms with Crippen molar-refractivity contribution in [1.82, 2.24) is 20.0 Å². The van der Waals surface area contributed by atoms with Crippen LogP contribution in [0.15, 0.2) is 24.3 Å². The van der Waals surface area contributed by atoms with E-state index in [1.165, 1.54) is 4.90 Å². The highest BCUT2D eigenvalue weighted by atomic mass is 16.5. The number of hydrogen-bond acceptors (Lipinski definition) is 6. The van der Waals surface area contributed by atoms with Crippen molar-refractivity contribution in [2.45, 2.75) is 72.6 Å². The summed E-state index contributed by atoms with van der Waals surface area (Å²) in [6, 6.07) is 7.36. The van der Waals surface area contributed by atoms with Crippen molar-refractivity contribution in [3.63, 3.8) is 0 Å². The molecule has 0 radical (unpaired) electrons. The molecule has 0 spiro atoms. The number of carbonyl (C=O) groups excluding carboxylic acids is 3. The van der Waals surface area contributed by atoms with E-state index in [0.717, 1.165) is 43.6 Å². The Balaban J connectivity index is 2.07. The highest BCUT2D eigenvalue weighted by Gasteiger charge is 2.62. The number of methoxy groups -OCH3 is 1. The second-order valence-electron chi connectivity index (χ2n) is 10.1. The van der Waals surface area contributed by atoms with Gasteiger partial charge in [0.15, 0.2) is 6.23 Å². The van der Waals surface area contributed by atoms with Crippen LogP contribution in [0.5, 0.6) is 0 Å². The Labute approximate surface area is 228 Å². The van der Waals surface area contributed by atoms with Crippen LogP contribution in [-0.2, 0) is 19.1 Å². The molecule has 1 heterocycles. The molecule has 1 aromatic rings. The minimum atomic E-state index is -0.806. The number of urea groups is 1. The third-order valence-corrected chi connectivity index (χ3v) is 7.79. The lowest BCUT2D eigenvalue weighted by molar-refractivity contribution is -0.211. The minimum Gasteiger partial charge on any atom is -0.383 e. The molecule has 1 saturated heterocycles. The Morgan fingerprint density at radius 2 is 1.74 bits per heavy atom. The first-order valence-electron chi connectivity index (χ1n) is 14.0. The summed E-state index contributed by atoms with van der Waals surface area (Å²) in [6.07, 6.45) is 1.90. The maximum atomic E-state index is 13.4. The van der Waals surface area contributed by atoms with Gasteiger partial charge in [0.2, 0.25) is 11.8 Å². The topological polar surface area (TPSA) is 91.4 Å². The van der Waals surface area contributed by atoms with Gasteiger partial charge in [0.05, 0.1) is 18.1 Å². The van der Waals surface area contributed by atoms with Crippen LogP contribution in [0.3, 0.4) is 0 Å². The van der Waals surface area contributed by atoms with E-state index >= 15 is 0 Å². The van der Waals surface area contributed by atoms with Crippen LogP contribution in [-0.4, -0.2) is 92.3 Å². The normalized spacial score (nSPS) is 17.3. The predicted molar refractivity (Wildman–Crippen MR) is 149 cm³/mol. The number of aryl methyl sites for hydroxylation is 1. The van der Waals surface area contributed by atoms with Crippen molar-refractivity contribution in [1.29, 1.82) is 0 Å². The number of rotatable bonds is 16. The molecule has 0 saturated carbocycles. The minimum absolute atomic E-state index is 0.183. The molecule has 38 heavy (non-hydrogen) atoms. The van der Waals surface area contributed by atoms with Gasteiger partial charge >= 0.3 is 6.03 Å². The molecule has 2 rings (SSSR count). The summed E-state index contributed by atoms with van der Waals surface area (Å²) >= 11 is 0. The molecule has 0 bridgehead atoms. The van der Waals surface area contributed by atoms with Gasteiger partial charge in [0.25, 0.3) is 0 Å². The van der Waals surface area contributed by atoms with Gasteiger partial charge in [0, 0.05) is 33.8 Å². The average molecular weight is 533 g/mol. The maximum Gasteiger partial charge on any atom is 0.326 e. The number of nitrogens with zero attached hydrogens (tertiary/aromatic N) is 3. The Kier molecular flexibility index (Phi) is 12.7. The van der Waals surface area contributed by atoms with Crippen LogP contribution in [0.2, 0.25) is 0 Å². The Hall–Kier alpha value is -2.49. The van der Waals surface area contributed by atoms with Gasteiger partial charge in [-0.2, -0.15) is 0 Å². The summed E-state index contributed by atoms with van der Waals surface area (Å²) in [4.78, 5) is 44.5. The lowest BCUT2D eigenvalue weighted by atomic mass is 9.72. The summed E-state index contributed by atoms with van der Waals surface area (Å²) in [7, 11) is 3.42. The smallest absolute Gasteiger partial charge is 0.326 e. The van der Waals surface area contributed by atoms with Crippen molar-refractivity contribution in [2.75, 3.05) is 53.6 Å².